The van der Waals surface area contributed by atoms with Crippen LogP contribution in [0.15, 0.2) is 35.4 Å². The van der Waals surface area contributed by atoms with Gasteiger partial charge >= 0.3 is 0 Å². The summed E-state index contributed by atoms with van der Waals surface area (Å²) in [6.45, 7) is 7.08. The predicted octanol–water partition coefficient (Wildman–Crippen LogP) is 2.64. The van der Waals surface area contributed by atoms with Crippen molar-refractivity contribution < 1.29 is 8.42 Å². The topological polar surface area (TPSA) is 64.0 Å². The third kappa shape index (κ3) is 3.75. The Morgan fingerprint density at radius 3 is 2.41 bits per heavy atom. The number of hydrogen-bond donors (Lipinski definition) is 1. The molecule has 120 valence electrons. The molecule has 6 heteroatoms. The van der Waals surface area contributed by atoms with Crippen molar-refractivity contribution >= 4 is 10.0 Å². The molecule has 0 aliphatic rings. The van der Waals surface area contributed by atoms with Crippen LogP contribution in [0, 0.1) is 6.92 Å². The van der Waals surface area contributed by atoms with E-state index in [0.29, 0.717) is 4.90 Å². The highest BCUT2D eigenvalue weighted by Crippen LogP contribution is 2.13. The van der Waals surface area contributed by atoms with Gasteiger partial charge in [-0.25, -0.2) is 13.1 Å². The number of nitrogens with zero attached hydrogens (tertiary/aromatic N) is 2. The van der Waals surface area contributed by atoms with Crippen molar-refractivity contribution in [1.29, 1.82) is 0 Å². The van der Waals surface area contributed by atoms with Crippen LogP contribution in [-0.4, -0.2) is 18.2 Å². The van der Waals surface area contributed by atoms with E-state index in [2.05, 4.69) is 16.7 Å². The van der Waals surface area contributed by atoms with Crippen molar-refractivity contribution in [2.45, 2.75) is 51.6 Å². The maximum atomic E-state index is 12.3. The molecule has 0 fully saturated rings. The predicted molar refractivity (Wildman–Crippen MR) is 87.1 cm³/mol. The van der Waals surface area contributed by atoms with E-state index in [9.17, 15) is 8.42 Å². The zero-order valence-electron chi connectivity index (χ0n) is 13.3. The minimum Gasteiger partial charge on any atom is -0.270 e. The average Bonchev–Trinajstić information content (AvgIpc) is 2.86. The number of aryl methyl sites for hydroxylation is 2. The Balaban J connectivity index is 2.08. The van der Waals surface area contributed by atoms with Gasteiger partial charge in [-0.3, -0.25) is 4.68 Å². The largest absolute Gasteiger partial charge is 0.270 e. The lowest BCUT2D eigenvalue weighted by molar-refractivity contribution is 0.581. The van der Waals surface area contributed by atoms with E-state index >= 15 is 0 Å². The monoisotopic (exact) mass is 321 g/mol. The molecule has 0 spiro atoms. The van der Waals surface area contributed by atoms with Gasteiger partial charge in [0.15, 0.2) is 0 Å². The van der Waals surface area contributed by atoms with Crippen molar-refractivity contribution in [3.8, 4) is 0 Å². The second kappa shape index (κ2) is 7.07. The molecule has 2 rings (SSSR count). The molecule has 1 N–H and O–H groups in total. The molecule has 2 aromatic rings. The van der Waals surface area contributed by atoms with E-state index in [1.807, 2.05) is 30.7 Å². The van der Waals surface area contributed by atoms with Crippen LogP contribution < -0.4 is 4.72 Å². The van der Waals surface area contributed by atoms with Gasteiger partial charge in [0.05, 0.1) is 11.1 Å². The maximum absolute atomic E-state index is 12.3. The molecular formula is C16H23N3O2S. The van der Waals surface area contributed by atoms with Crippen LogP contribution in [0.5, 0.6) is 0 Å². The number of benzene rings is 1. The van der Waals surface area contributed by atoms with E-state index in [-0.39, 0.29) is 6.54 Å². The van der Waals surface area contributed by atoms with Gasteiger partial charge in [0.25, 0.3) is 0 Å². The molecule has 1 aromatic heterocycles. The lowest BCUT2D eigenvalue weighted by atomic mass is 10.1. The second-order valence-electron chi connectivity index (χ2n) is 5.29. The molecular weight excluding hydrogens is 298 g/mol. The van der Waals surface area contributed by atoms with Crippen LogP contribution in [0.4, 0.5) is 0 Å². The first-order chi connectivity index (χ1) is 10.5. The van der Waals surface area contributed by atoms with Crippen LogP contribution in [0.1, 0.15) is 37.1 Å². The second-order valence-corrected chi connectivity index (χ2v) is 7.06. The van der Waals surface area contributed by atoms with Gasteiger partial charge in [-0.1, -0.05) is 25.5 Å². The van der Waals surface area contributed by atoms with E-state index in [1.54, 1.807) is 18.3 Å². The van der Waals surface area contributed by atoms with Crippen LogP contribution in [0.3, 0.4) is 0 Å². The maximum Gasteiger partial charge on any atom is 0.240 e. The molecule has 0 unspecified atom stereocenters. The first-order valence-corrected chi connectivity index (χ1v) is 9.06. The van der Waals surface area contributed by atoms with Gasteiger partial charge in [-0.15, -0.1) is 0 Å². The summed E-state index contributed by atoms with van der Waals surface area (Å²) in [5.74, 6) is 0. The fourth-order valence-corrected chi connectivity index (χ4v) is 3.36. The van der Waals surface area contributed by atoms with E-state index in [0.717, 1.165) is 36.2 Å². The average molecular weight is 321 g/mol. The van der Waals surface area contributed by atoms with Crippen molar-refractivity contribution in [3.63, 3.8) is 0 Å². The Morgan fingerprint density at radius 1 is 1.18 bits per heavy atom. The fraction of sp³-hybridized carbons (Fsp3) is 0.438. The van der Waals surface area contributed by atoms with Crippen molar-refractivity contribution in [2.75, 3.05) is 0 Å². The van der Waals surface area contributed by atoms with Crippen LogP contribution >= 0.6 is 0 Å². The van der Waals surface area contributed by atoms with Crippen molar-refractivity contribution in [2.24, 2.45) is 0 Å². The van der Waals surface area contributed by atoms with Gasteiger partial charge in [0.1, 0.15) is 0 Å². The molecule has 0 radical (unpaired) electrons. The van der Waals surface area contributed by atoms with Gasteiger partial charge < -0.3 is 0 Å². The lowest BCUT2D eigenvalue weighted by Crippen LogP contribution is -2.23. The molecule has 0 aliphatic heterocycles. The van der Waals surface area contributed by atoms with Crippen molar-refractivity contribution in [1.82, 2.24) is 14.5 Å². The first-order valence-electron chi connectivity index (χ1n) is 7.57. The number of sulfonamides is 1. The molecule has 5 nitrogen and oxygen atoms in total. The Hall–Kier alpha value is -1.66. The molecule has 0 bridgehead atoms. The molecule has 0 aliphatic carbocycles. The molecule has 1 heterocycles. The first kappa shape index (κ1) is 16.7. The standard InChI is InChI=1S/C16H23N3O2S/c1-4-6-14-7-9-16(10-8-14)22(20,21)18-12-15-11-17-19(5-2)13(15)3/h7-11,18H,4-6,12H2,1-3H3. The molecule has 22 heavy (non-hydrogen) atoms. The number of hydrogen-bond acceptors (Lipinski definition) is 3. The van der Waals surface area contributed by atoms with E-state index in [4.69, 9.17) is 0 Å². The van der Waals surface area contributed by atoms with Crippen LogP contribution in [0.25, 0.3) is 0 Å². The van der Waals surface area contributed by atoms with Gasteiger partial charge in [-0.2, -0.15) is 5.10 Å². The molecule has 0 saturated heterocycles. The van der Waals surface area contributed by atoms with E-state index in [1.165, 1.54) is 0 Å². The highest BCUT2D eigenvalue weighted by Gasteiger charge is 2.15. The summed E-state index contributed by atoms with van der Waals surface area (Å²) in [7, 11) is -3.49. The Morgan fingerprint density at radius 2 is 1.86 bits per heavy atom. The number of rotatable bonds is 7. The van der Waals surface area contributed by atoms with Gasteiger partial charge in [0.2, 0.25) is 10.0 Å². The number of aromatic nitrogens is 2. The zero-order valence-corrected chi connectivity index (χ0v) is 14.2. The molecule has 0 amide bonds. The summed E-state index contributed by atoms with van der Waals surface area (Å²) >= 11 is 0. The normalized spacial score (nSPS) is 11.8. The van der Waals surface area contributed by atoms with Gasteiger partial charge in [-0.05, 0) is 38.0 Å². The smallest absolute Gasteiger partial charge is 0.240 e. The highest BCUT2D eigenvalue weighted by atomic mass is 32.2. The zero-order chi connectivity index (χ0) is 16.2. The Bertz CT molecular complexity index is 718. The van der Waals surface area contributed by atoms with Crippen molar-refractivity contribution in [3.05, 3.63) is 47.3 Å². The summed E-state index contributed by atoms with van der Waals surface area (Å²) in [5.41, 5.74) is 3.04. The Kier molecular flexibility index (Phi) is 5.37. The molecule has 0 atom stereocenters. The Labute approximate surface area is 132 Å². The SMILES string of the molecule is CCCc1ccc(S(=O)(=O)NCc2cnn(CC)c2C)cc1. The summed E-state index contributed by atoms with van der Waals surface area (Å²) in [5, 5.41) is 4.22. The van der Waals surface area contributed by atoms with Gasteiger partial charge in [0, 0.05) is 24.3 Å². The summed E-state index contributed by atoms with van der Waals surface area (Å²) in [6, 6.07) is 7.07. The third-order valence-electron chi connectivity index (χ3n) is 3.73. The molecule has 1 aromatic carbocycles. The summed E-state index contributed by atoms with van der Waals surface area (Å²) in [4.78, 5) is 0.299. The van der Waals surface area contributed by atoms with E-state index < -0.39 is 10.0 Å². The van der Waals surface area contributed by atoms with Crippen LogP contribution in [0.2, 0.25) is 0 Å². The summed E-state index contributed by atoms with van der Waals surface area (Å²) < 4.78 is 29.1. The number of nitrogens with one attached hydrogen (secondary N) is 1. The molecule has 0 saturated carbocycles. The van der Waals surface area contributed by atoms with Crippen LogP contribution in [-0.2, 0) is 29.5 Å². The minimum atomic E-state index is -3.49. The quantitative estimate of drug-likeness (QED) is 0.852. The fourth-order valence-electron chi connectivity index (χ4n) is 2.36. The lowest BCUT2D eigenvalue weighted by Gasteiger charge is -2.08. The highest BCUT2D eigenvalue weighted by molar-refractivity contribution is 7.89. The minimum absolute atomic E-state index is 0.255. The third-order valence-corrected chi connectivity index (χ3v) is 5.15. The summed E-state index contributed by atoms with van der Waals surface area (Å²) in [6.07, 6.45) is 3.72.